The van der Waals surface area contributed by atoms with E-state index in [9.17, 15) is 18.4 Å². The summed E-state index contributed by atoms with van der Waals surface area (Å²) in [7, 11) is 0. The third-order valence-corrected chi connectivity index (χ3v) is 2.47. The van der Waals surface area contributed by atoms with E-state index in [1.54, 1.807) is 0 Å². The fourth-order valence-electron chi connectivity index (χ4n) is 1.78. The average molecular weight is 221 g/mol. The van der Waals surface area contributed by atoms with Gasteiger partial charge in [-0.05, 0) is 5.92 Å². The van der Waals surface area contributed by atoms with Crippen molar-refractivity contribution in [2.75, 3.05) is 0 Å². The van der Waals surface area contributed by atoms with E-state index >= 15 is 0 Å². The first-order valence-electron chi connectivity index (χ1n) is 4.67. The zero-order valence-electron chi connectivity index (χ0n) is 8.30. The van der Waals surface area contributed by atoms with Crippen molar-refractivity contribution in [1.82, 2.24) is 5.32 Å². The highest BCUT2D eigenvalue weighted by Crippen LogP contribution is 2.44. The lowest BCUT2D eigenvalue weighted by Crippen LogP contribution is -2.50. The normalized spacial score (nSPS) is 21.5. The Balaban J connectivity index is 2.50. The van der Waals surface area contributed by atoms with Crippen LogP contribution in [-0.2, 0) is 9.59 Å². The standard InChI is InChI=1S/C9H13F2NO3/c1-5(13)12-7(2-8(14)15)6-3-9(10,11)4-6/h6-7H,2-4H2,1H3,(H,12,13)(H,14,15). The quantitative estimate of drug-likeness (QED) is 0.744. The van der Waals surface area contributed by atoms with Crippen LogP contribution < -0.4 is 5.32 Å². The first-order chi connectivity index (χ1) is 6.80. The van der Waals surface area contributed by atoms with Crippen molar-refractivity contribution in [3.63, 3.8) is 0 Å². The van der Waals surface area contributed by atoms with Gasteiger partial charge in [-0.3, -0.25) is 9.59 Å². The van der Waals surface area contributed by atoms with Crippen molar-refractivity contribution in [3.8, 4) is 0 Å². The van der Waals surface area contributed by atoms with E-state index in [0.29, 0.717) is 0 Å². The van der Waals surface area contributed by atoms with Crippen LogP contribution in [0.4, 0.5) is 8.78 Å². The Kier molecular flexibility index (Phi) is 3.26. The molecule has 1 atom stereocenters. The minimum absolute atomic E-state index is 0.305. The maximum Gasteiger partial charge on any atom is 0.305 e. The Labute approximate surface area is 85.7 Å². The molecule has 1 aliphatic rings. The van der Waals surface area contributed by atoms with Crippen molar-refractivity contribution in [3.05, 3.63) is 0 Å². The molecule has 1 amide bonds. The van der Waals surface area contributed by atoms with Crippen LogP contribution in [0.15, 0.2) is 0 Å². The molecule has 6 heteroatoms. The molecule has 0 bridgehead atoms. The van der Waals surface area contributed by atoms with E-state index in [4.69, 9.17) is 5.11 Å². The van der Waals surface area contributed by atoms with Crippen LogP contribution in [0.3, 0.4) is 0 Å². The Bertz CT molecular complexity index is 257. The van der Waals surface area contributed by atoms with Gasteiger partial charge in [0.2, 0.25) is 11.8 Å². The van der Waals surface area contributed by atoms with Crippen LogP contribution in [0.2, 0.25) is 0 Å². The lowest BCUT2D eigenvalue weighted by molar-refractivity contribution is -0.144. The largest absolute Gasteiger partial charge is 0.481 e. The van der Waals surface area contributed by atoms with Crippen LogP contribution in [0.25, 0.3) is 0 Å². The lowest BCUT2D eigenvalue weighted by Gasteiger charge is -2.39. The number of nitrogens with one attached hydrogen (secondary N) is 1. The Hall–Kier alpha value is -1.20. The van der Waals surface area contributed by atoms with Gasteiger partial charge in [0.25, 0.3) is 0 Å². The fourth-order valence-corrected chi connectivity index (χ4v) is 1.78. The van der Waals surface area contributed by atoms with Crippen molar-refractivity contribution >= 4 is 11.9 Å². The predicted molar refractivity (Wildman–Crippen MR) is 47.5 cm³/mol. The minimum atomic E-state index is -2.69. The summed E-state index contributed by atoms with van der Waals surface area (Å²) >= 11 is 0. The summed E-state index contributed by atoms with van der Waals surface area (Å²) in [5.41, 5.74) is 0. The maximum absolute atomic E-state index is 12.6. The van der Waals surface area contributed by atoms with Gasteiger partial charge in [0, 0.05) is 25.8 Å². The van der Waals surface area contributed by atoms with Gasteiger partial charge < -0.3 is 10.4 Å². The molecule has 0 saturated heterocycles. The topological polar surface area (TPSA) is 66.4 Å². The number of aliphatic carboxylic acids is 1. The summed E-state index contributed by atoms with van der Waals surface area (Å²) in [5, 5.41) is 11.0. The Morgan fingerprint density at radius 2 is 2.07 bits per heavy atom. The molecule has 0 aromatic carbocycles. The van der Waals surface area contributed by atoms with Gasteiger partial charge in [-0.15, -0.1) is 0 Å². The number of halogens is 2. The maximum atomic E-state index is 12.6. The minimum Gasteiger partial charge on any atom is -0.481 e. The molecule has 1 unspecified atom stereocenters. The summed E-state index contributed by atoms with van der Waals surface area (Å²) in [5.74, 6) is -4.61. The fraction of sp³-hybridized carbons (Fsp3) is 0.778. The zero-order valence-corrected chi connectivity index (χ0v) is 8.30. The van der Waals surface area contributed by atoms with Gasteiger partial charge in [0.15, 0.2) is 0 Å². The van der Waals surface area contributed by atoms with Crippen molar-refractivity contribution in [1.29, 1.82) is 0 Å². The number of carbonyl (C=O) groups excluding carboxylic acids is 1. The number of carbonyl (C=O) groups is 2. The first kappa shape index (κ1) is 11.9. The molecule has 0 aromatic rings. The molecule has 0 heterocycles. The Morgan fingerprint density at radius 1 is 1.53 bits per heavy atom. The molecular formula is C9H13F2NO3. The van der Waals surface area contributed by atoms with E-state index in [-0.39, 0.29) is 19.3 Å². The smallest absolute Gasteiger partial charge is 0.305 e. The molecule has 0 aliphatic heterocycles. The van der Waals surface area contributed by atoms with Crippen LogP contribution in [0, 0.1) is 5.92 Å². The molecule has 1 fully saturated rings. The van der Waals surface area contributed by atoms with Gasteiger partial charge >= 0.3 is 5.97 Å². The summed E-state index contributed by atoms with van der Waals surface area (Å²) < 4.78 is 25.1. The number of carboxylic acids is 1. The van der Waals surface area contributed by atoms with Gasteiger partial charge in [0.05, 0.1) is 6.42 Å². The molecule has 0 aromatic heterocycles. The van der Waals surface area contributed by atoms with Gasteiger partial charge in [0.1, 0.15) is 0 Å². The second kappa shape index (κ2) is 4.12. The van der Waals surface area contributed by atoms with Crippen molar-refractivity contribution in [2.45, 2.75) is 38.2 Å². The number of hydrogen-bond donors (Lipinski definition) is 2. The highest BCUT2D eigenvalue weighted by atomic mass is 19.3. The van der Waals surface area contributed by atoms with E-state index in [0.717, 1.165) is 0 Å². The van der Waals surface area contributed by atoms with Crippen LogP contribution in [-0.4, -0.2) is 28.9 Å². The highest BCUT2D eigenvalue weighted by molar-refractivity contribution is 5.75. The third kappa shape index (κ3) is 3.45. The van der Waals surface area contributed by atoms with Gasteiger partial charge in [-0.25, -0.2) is 8.78 Å². The third-order valence-electron chi connectivity index (χ3n) is 2.47. The molecule has 1 rings (SSSR count). The molecule has 86 valence electrons. The van der Waals surface area contributed by atoms with Crippen molar-refractivity contribution in [2.24, 2.45) is 5.92 Å². The molecule has 2 N–H and O–H groups in total. The molecule has 0 spiro atoms. The zero-order chi connectivity index (χ0) is 11.6. The number of rotatable bonds is 4. The average Bonchev–Trinajstić information content (AvgIpc) is 1.96. The second-order valence-electron chi connectivity index (χ2n) is 3.93. The summed E-state index contributed by atoms with van der Waals surface area (Å²) in [6, 6.07) is -0.681. The van der Waals surface area contributed by atoms with E-state index in [2.05, 4.69) is 5.32 Å². The summed E-state index contributed by atoms with van der Waals surface area (Å²) in [6.07, 6.45) is -0.989. The van der Waals surface area contributed by atoms with E-state index in [1.165, 1.54) is 6.92 Å². The predicted octanol–water partition coefficient (Wildman–Crippen LogP) is 1.01. The Morgan fingerprint density at radius 3 is 2.40 bits per heavy atom. The molecule has 1 aliphatic carbocycles. The van der Waals surface area contributed by atoms with Gasteiger partial charge in [-0.1, -0.05) is 0 Å². The van der Waals surface area contributed by atoms with Gasteiger partial charge in [-0.2, -0.15) is 0 Å². The monoisotopic (exact) mass is 221 g/mol. The van der Waals surface area contributed by atoms with Crippen LogP contribution >= 0.6 is 0 Å². The first-order valence-corrected chi connectivity index (χ1v) is 4.67. The second-order valence-corrected chi connectivity index (χ2v) is 3.93. The van der Waals surface area contributed by atoms with Crippen LogP contribution in [0.5, 0.6) is 0 Å². The number of hydrogen-bond acceptors (Lipinski definition) is 2. The number of carboxylic acid groups (broad SMARTS) is 1. The lowest BCUT2D eigenvalue weighted by atomic mass is 9.75. The van der Waals surface area contributed by atoms with E-state index in [1.807, 2.05) is 0 Å². The molecule has 1 saturated carbocycles. The highest BCUT2D eigenvalue weighted by Gasteiger charge is 2.48. The van der Waals surface area contributed by atoms with Crippen LogP contribution in [0.1, 0.15) is 26.2 Å². The molecule has 0 radical (unpaired) electrons. The van der Waals surface area contributed by atoms with E-state index < -0.39 is 29.8 Å². The van der Waals surface area contributed by atoms with Crippen molar-refractivity contribution < 1.29 is 23.5 Å². The molecular weight excluding hydrogens is 208 g/mol. The number of amides is 1. The number of alkyl halides is 2. The summed E-state index contributed by atoms with van der Waals surface area (Å²) in [4.78, 5) is 21.2. The molecule has 15 heavy (non-hydrogen) atoms. The molecule has 4 nitrogen and oxygen atoms in total. The SMILES string of the molecule is CC(=O)NC(CC(=O)O)C1CC(F)(F)C1. The summed E-state index contributed by atoms with van der Waals surface area (Å²) in [6.45, 7) is 1.24.